The third-order valence-electron chi connectivity index (χ3n) is 2.52. The van der Waals surface area contributed by atoms with Crippen LogP contribution < -0.4 is 5.32 Å². The van der Waals surface area contributed by atoms with E-state index >= 15 is 0 Å². The largest absolute Gasteiger partial charge is 0.312 e. The van der Waals surface area contributed by atoms with Crippen LogP contribution >= 0.6 is 39.0 Å². The zero-order chi connectivity index (χ0) is 13.0. The molecule has 2 rings (SSSR count). The summed E-state index contributed by atoms with van der Waals surface area (Å²) >= 11 is 6.93. The maximum absolute atomic E-state index is 13.1. The molecule has 0 aliphatic carbocycles. The Balaban J connectivity index is 2.02. The molecule has 0 aliphatic heterocycles. The summed E-state index contributed by atoms with van der Waals surface area (Å²) in [4.78, 5) is 2.24. The van der Waals surface area contributed by atoms with E-state index in [1.54, 1.807) is 35.2 Å². The van der Waals surface area contributed by atoms with Crippen LogP contribution in [0.15, 0.2) is 45.1 Å². The summed E-state index contributed by atoms with van der Waals surface area (Å²) in [5, 5.41) is 5.36. The van der Waals surface area contributed by atoms with Gasteiger partial charge in [0.2, 0.25) is 0 Å². The summed E-state index contributed by atoms with van der Waals surface area (Å²) in [6.07, 6.45) is 0. The number of thiophene rings is 1. The monoisotopic (exact) mass is 345 g/mol. The summed E-state index contributed by atoms with van der Waals surface area (Å²) in [6.45, 7) is 0. The maximum Gasteiger partial charge on any atom is 0.124 e. The molecule has 0 bridgehead atoms. The Morgan fingerprint density at radius 3 is 2.89 bits per heavy atom. The van der Waals surface area contributed by atoms with E-state index in [-0.39, 0.29) is 11.9 Å². The molecule has 1 nitrogen and oxygen atoms in total. The first-order valence-electron chi connectivity index (χ1n) is 5.49. The highest BCUT2D eigenvalue weighted by Crippen LogP contribution is 2.32. The van der Waals surface area contributed by atoms with Crippen molar-refractivity contribution < 1.29 is 4.39 Å². The van der Waals surface area contributed by atoms with Crippen molar-refractivity contribution in [2.45, 2.75) is 10.9 Å². The second-order valence-corrected chi connectivity index (χ2v) is 6.64. The molecule has 0 saturated heterocycles. The molecule has 1 unspecified atom stereocenters. The molecule has 5 heteroatoms. The van der Waals surface area contributed by atoms with Crippen molar-refractivity contribution in [3.05, 3.63) is 50.9 Å². The Bertz CT molecular complexity index is 515. The molecule has 18 heavy (non-hydrogen) atoms. The number of hydrogen-bond donors (Lipinski definition) is 1. The third-order valence-corrected chi connectivity index (χ3v) is 5.59. The number of nitrogens with one attached hydrogen (secondary N) is 1. The van der Waals surface area contributed by atoms with E-state index < -0.39 is 0 Å². The van der Waals surface area contributed by atoms with E-state index in [1.165, 1.54) is 10.9 Å². The third kappa shape index (κ3) is 3.57. The zero-order valence-electron chi connectivity index (χ0n) is 9.82. The van der Waals surface area contributed by atoms with Crippen LogP contribution in [0.25, 0.3) is 0 Å². The van der Waals surface area contributed by atoms with Gasteiger partial charge in [0.1, 0.15) is 5.82 Å². The molecule has 0 amide bonds. The Morgan fingerprint density at radius 2 is 2.28 bits per heavy atom. The minimum atomic E-state index is -0.182. The van der Waals surface area contributed by atoms with Crippen molar-refractivity contribution in [2.24, 2.45) is 0 Å². The Labute approximate surface area is 123 Å². The lowest BCUT2D eigenvalue weighted by molar-refractivity contribution is 0.624. The SMILES string of the molecule is CNC(CSc1cccc(F)c1)c1sccc1Br. The van der Waals surface area contributed by atoms with Gasteiger partial charge in [-0.2, -0.15) is 0 Å². The summed E-state index contributed by atoms with van der Waals surface area (Å²) in [5.74, 6) is 0.692. The highest BCUT2D eigenvalue weighted by Gasteiger charge is 2.14. The molecule has 1 atom stereocenters. The summed E-state index contributed by atoms with van der Waals surface area (Å²) < 4.78 is 14.2. The van der Waals surface area contributed by atoms with Crippen LogP contribution in [-0.2, 0) is 0 Å². The van der Waals surface area contributed by atoms with Gasteiger partial charge in [0.25, 0.3) is 0 Å². The molecule has 0 radical (unpaired) electrons. The molecule has 0 saturated carbocycles. The highest BCUT2D eigenvalue weighted by atomic mass is 79.9. The predicted octanol–water partition coefficient (Wildman–Crippen LogP) is 4.70. The Morgan fingerprint density at radius 1 is 1.44 bits per heavy atom. The molecular weight excluding hydrogens is 333 g/mol. The number of hydrogen-bond acceptors (Lipinski definition) is 3. The number of thioether (sulfide) groups is 1. The van der Waals surface area contributed by atoms with Crippen LogP contribution in [0.5, 0.6) is 0 Å². The molecule has 0 aliphatic rings. The first-order valence-corrected chi connectivity index (χ1v) is 8.15. The predicted molar refractivity (Wildman–Crippen MR) is 80.9 cm³/mol. The van der Waals surface area contributed by atoms with Crippen molar-refractivity contribution in [3.63, 3.8) is 0 Å². The lowest BCUT2D eigenvalue weighted by atomic mass is 10.3. The molecule has 0 spiro atoms. The molecular formula is C13H13BrFNS2. The quantitative estimate of drug-likeness (QED) is 0.788. The van der Waals surface area contributed by atoms with Gasteiger partial charge in [0.05, 0.1) is 6.04 Å². The smallest absolute Gasteiger partial charge is 0.124 e. The maximum atomic E-state index is 13.1. The summed E-state index contributed by atoms with van der Waals surface area (Å²) in [7, 11) is 1.95. The molecule has 1 N–H and O–H groups in total. The van der Waals surface area contributed by atoms with E-state index in [9.17, 15) is 4.39 Å². The van der Waals surface area contributed by atoms with Crippen molar-refractivity contribution in [3.8, 4) is 0 Å². The van der Waals surface area contributed by atoms with Gasteiger partial charge in [-0.25, -0.2) is 4.39 Å². The first kappa shape index (κ1) is 14.1. The topological polar surface area (TPSA) is 12.0 Å². The van der Waals surface area contributed by atoms with Gasteiger partial charge in [-0.05, 0) is 52.6 Å². The fourth-order valence-corrected chi connectivity index (χ4v) is 4.51. The van der Waals surface area contributed by atoms with Crippen LogP contribution in [-0.4, -0.2) is 12.8 Å². The normalized spacial score (nSPS) is 12.6. The van der Waals surface area contributed by atoms with E-state index in [0.717, 1.165) is 15.1 Å². The number of benzene rings is 1. The van der Waals surface area contributed by atoms with Crippen LogP contribution in [0.4, 0.5) is 4.39 Å². The second-order valence-electron chi connectivity index (χ2n) is 3.74. The molecule has 1 aromatic heterocycles. The number of halogens is 2. The Hall–Kier alpha value is -0.360. The first-order chi connectivity index (χ1) is 8.70. The summed E-state index contributed by atoms with van der Waals surface area (Å²) in [5.41, 5.74) is 0. The van der Waals surface area contributed by atoms with Crippen LogP contribution in [0.1, 0.15) is 10.9 Å². The summed E-state index contributed by atoms with van der Waals surface area (Å²) in [6, 6.07) is 9.04. The fourth-order valence-electron chi connectivity index (χ4n) is 1.58. The van der Waals surface area contributed by atoms with Crippen molar-refractivity contribution >= 4 is 39.0 Å². The van der Waals surface area contributed by atoms with Gasteiger partial charge in [0, 0.05) is 20.0 Å². The van der Waals surface area contributed by atoms with E-state index in [2.05, 4.69) is 32.7 Å². The van der Waals surface area contributed by atoms with Crippen molar-refractivity contribution in [1.82, 2.24) is 5.32 Å². The van der Waals surface area contributed by atoms with Crippen LogP contribution in [0, 0.1) is 5.82 Å². The van der Waals surface area contributed by atoms with Crippen molar-refractivity contribution in [2.75, 3.05) is 12.8 Å². The standard InChI is InChI=1S/C13H13BrFNS2/c1-16-12(13-11(14)5-6-17-13)8-18-10-4-2-3-9(15)7-10/h2-7,12,16H,8H2,1H3. The molecule has 0 fully saturated rings. The van der Waals surface area contributed by atoms with Crippen molar-refractivity contribution in [1.29, 1.82) is 0 Å². The molecule has 1 heterocycles. The van der Waals surface area contributed by atoms with Crippen LogP contribution in [0.3, 0.4) is 0 Å². The van der Waals surface area contributed by atoms with Crippen LogP contribution in [0.2, 0.25) is 0 Å². The second kappa shape index (κ2) is 6.70. The van der Waals surface area contributed by atoms with E-state index in [4.69, 9.17) is 0 Å². The minimum Gasteiger partial charge on any atom is -0.312 e. The lowest BCUT2D eigenvalue weighted by Crippen LogP contribution is -2.17. The van der Waals surface area contributed by atoms with Gasteiger partial charge < -0.3 is 5.32 Å². The minimum absolute atomic E-state index is 0.182. The molecule has 96 valence electrons. The van der Waals surface area contributed by atoms with E-state index in [0.29, 0.717) is 0 Å². The Kier molecular flexibility index (Phi) is 5.24. The molecule has 1 aromatic carbocycles. The fraction of sp³-hybridized carbons (Fsp3) is 0.231. The zero-order valence-corrected chi connectivity index (χ0v) is 13.0. The average Bonchev–Trinajstić information content (AvgIpc) is 2.77. The van der Waals surface area contributed by atoms with Gasteiger partial charge >= 0.3 is 0 Å². The lowest BCUT2D eigenvalue weighted by Gasteiger charge is -2.15. The average molecular weight is 346 g/mol. The molecule has 2 aromatic rings. The van der Waals surface area contributed by atoms with Gasteiger partial charge in [-0.1, -0.05) is 6.07 Å². The van der Waals surface area contributed by atoms with Gasteiger partial charge in [-0.15, -0.1) is 23.1 Å². The van der Waals surface area contributed by atoms with Gasteiger partial charge in [-0.3, -0.25) is 0 Å². The van der Waals surface area contributed by atoms with E-state index in [1.807, 2.05) is 13.1 Å². The number of rotatable bonds is 5. The highest BCUT2D eigenvalue weighted by molar-refractivity contribution is 9.10. The van der Waals surface area contributed by atoms with Gasteiger partial charge in [0.15, 0.2) is 0 Å².